The number of carbonyl (C=O) groups is 3. The van der Waals surface area contributed by atoms with Crippen LogP contribution in [0.15, 0.2) is 29.4 Å². The normalized spacial score (nSPS) is 15.7. The summed E-state index contributed by atoms with van der Waals surface area (Å²) in [6.07, 6.45) is 0.273. The van der Waals surface area contributed by atoms with Gasteiger partial charge in [-0.1, -0.05) is 12.1 Å². The molecule has 0 radical (unpaired) electrons. The van der Waals surface area contributed by atoms with Crippen LogP contribution in [0, 0.1) is 5.82 Å². The maximum absolute atomic E-state index is 12.9. The fourth-order valence-electron chi connectivity index (χ4n) is 2.19. The van der Waals surface area contributed by atoms with Crippen LogP contribution in [0.25, 0.3) is 0 Å². The van der Waals surface area contributed by atoms with Crippen molar-refractivity contribution < 1.29 is 23.9 Å². The first-order valence-corrected chi connectivity index (χ1v) is 7.42. The van der Waals surface area contributed by atoms with Crippen LogP contribution in [0.2, 0.25) is 0 Å². The van der Waals surface area contributed by atoms with E-state index in [1.807, 2.05) is 0 Å². The van der Waals surface area contributed by atoms with E-state index in [1.165, 1.54) is 38.2 Å². The van der Waals surface area contributed by atoms with Crippen molar-refractivity contribution in [3.05, 3.63) is 35.6 Å². The maximum Gasteiger partial charge on any atom is 0.326 e. The lowest BCUT2D eigenvalue weighted by Gasteiger charge is -2.27. The van der Waals surface area contributed by atoms with Crippen molar-refractivity contribution in [3.8, 4) is 0 Å². The molecule has 0 fully saturated rings. The van der Waals surface area contributed by atoms with Crippen molar-refractivity contribution in [2.75, 3.05) is 7.05 Å². The quantitative estimate of drug-likeness (QED) is 0.876. The Labute approximate surface area is 138 Å². The van der Waals surface area contributed by atoms with E-state index in [0.717, 1.165) is 9.91 Å². The Morgan fingerprint density at radius 3 is 2.54 bits per heavy atom. The highest BCUT2D eigenvalue weighted by Crippen LogP contribution is 2.15. The van der Waals surface area contributed by atoms with Gasteiger partial charge in [-0.05, 0) is 24.6 Å². The number of hydrogen-bond donors (Lipinski definition) is 1. The van der Waals surface area contributed by atoms with Gasteiger partial charge in [0.15, 0.2) is 0 Å². The van der Waals surface area contributed by atoms with Crippen LogP contribution in [0.3, 0.4) is 0 Å². The van der Waals surface area contributed by atoms with Crippen LogP contribution in [-0.4, -0.2) is 51.6 Å². The summed E-state index contributed by atoms with van der Waals surface area (Å²) in [5.74, 6) is -2.28. The summed E-state index contributed by atoms with van der Waals surface area (Å²) in [7, 11) is 1.38. The average Bonchev–Trinajstić information content (AvgIpc) is 2.56. The minimum Gasteiger partial charge on any atom is -0.480 e. The second-order valence-electron chi connectivity index (χ2n) is 5.55. The molecule has 128 valence electrons. The van der Waals surface area contributed by atoms with Gasteiger partial charge in [-0.2, -0.15) is 5.10 Å². The van der Waals surface area contributed by atoms with E-state index in [0.29, 0.717) is 5.56 Å². The molecule has 0 saturated carbocycles. The number of carbonyl (C=O) groups excluding carboxylic acids is 2. The number of nitrogens with zero attached hydrogens (tertiary/aromatic N) is 3. The molecule has 0 saturated heterocycles. The topological polar surface area (TPSA) is 90.3 Å². The van der Waals surface area contributed by atoms with Crippen LogP contribution in [0.4, 0.5) is 4.39 Å². The molecule has 1 aliphatic rings. The molecular weight excluding hydrogens is 317 g/mol. The molecule has 2 amide bonds. The Bertz CT molecular complexity index is 687. The summed E-state index contributed by atoms with van der Waals surface area (Å²) in [5.41, 5.74) is 0.807. The second-order valence-corrected chi connectivity index (χ2v) is 5.55. The molecular formula is C16H18FN3O4. The van der Waals surface area contributed by atoms with Gasteiger partial charge in [-0.3, -0.25) is 9.59 Å². The van der Waals surface area contributed by atoms with Gasteiger partial charge < -0.3 is 10.0 Å². The Balaban J connectivity index is 2.16. The van der Waals surface area contributed by atoms with E-state index in [4.69, 9.17) is 5.11 Å². The zero-order chi connectivity index (χ0) is 17.9. The lowest BCUT2D eigenvalue weighted by Crippen LogP contribution is -2.45. The van der Waals surface area contributed by atoms with Crippen LogP contribution in [0.5, 0.6) is 0 Å². The molecule has 24 heavy (non-hydrogen) atoms. The van der Waals surface area contributed by atoms with Crippen molar-refractivity contribution in [2.24, 2.45) is 5.10 Å². The number of hydrogen-bond acceptors (Lipinski definition) is 4. The molecule has 0 aliphatic carbocycles. The number of carboxylic acid groups (broad SMARTS) is 1. The summed E-state index contributed by atoms with van der Waals surface area (Å²) in [6, 6.07) is 4.63. The SMILES string of the molecule is CC(C(=O)O)N(C)C(=O)C1=NN(Cc2ccc(F)cc2)C(=O)CC1. The zero-order valence-electron chi connectivity index (χ0n) is 13.4. The molecule has 2 rings (SSSR count). The summed E-state index contributed by atoms with van der Waals surface area (Å²) in [5, 5.41) is 14.2. The van der Waals surface area contributed by atoms with Gasteiger partial charge in [0.2, 0.25) is 5.91 Å². The minimum absolute atomic E-state index is 0.112. The summed E-state index contributed by atoms with van der Waals surface area (Å²) >= 11 is 0. The van der Waals surface area contributed by atoms with Gasteiger partial charge >= 0.3 is 5.97 Å². The molecule has 1 aromatic carbocycles. The summed E-state index contributed by atoms with van der Waals surface area (Å²) in [6.45, 7) is 1.51. The minimum atomic E-state index is -1.12. The van der Waals surface area contributed by atoms with Crippen molar-refractivity contribution >= 4 is 23.5 Å². The molecule has 0 aromatic heterocycles. The molecule has 0 spiro atoms. The van der Waals surface area contributed by atoms with Crippen LogP contribution < -0.4 is 0 Å². The Morgan fingerprint density at radius 2 is 1.96 bits per heavy atom. The Hall–Kier alpha value is -2.77. The largest absolute Gasteiger partial charge is 0.480 e. The van der Waals surface area contributed by atoms with Crippen molar-refractivity contribution in [2.45, 2.75) is 32.4 Å². The zero-order valence-corrected chi connectivity index (χ0v) is 13.4. The number of halogens is 1. The lowest BCUT2D eigenvalue weighted by atomic mass is 10.1. The first kappa shape index (κ1) is 17.6. The third-order valence-electron chi connectivity index (χ3n) is 3.86. The van der Waals surface area contributed by atoms with Gasteiger partial charge in [0.25, 0.3) is 5.91 Å². The Morgan fingerprint density at radius 1 is 1.33 bits per heavy atom. The average molecular weight is 335 g/mol. The number of benzene rings is 1. The molecule has 1 aliphatic heterocycles. The van der Waals surface area contributed by atoms with E-state index in [1.54, 1.807) is 0 Å². The van der Waals surface area contributed by atoms with E-state index >= 15 is 0 Å². The number of carboxylic acids is 1. The first-order valence-electron chi connectivity index (χ1n) is 7.42. The predicted octanol–water partition coefficient (Wildman–Crippen LogP) is 1.24. The number of amides is 2. The van der Waals surface area contributed by atoms with Gasteiger partial charge in [0, 0.05) is 19.9 Å². The highest BCUT2D eigenvalue weighted by Gasteiger charge is 2.29. The molecule has 7 nitrogen and oxygen atoms in total. The monoisotopic (exact) mass is 335 g/mol. The fraction of sp³-hybridized carbons (Fsp3) is 0.375. The highest BCUT2D eigenvalue weighted by molar-refractivity contribution is 6.39. The van der Waals surface area contributed by atoms with E-state index in [2.05, 4.69) is 5.10 Å². The standard InChI is InChI=1S/C16H18FN3O4/c1-10(16(23)24)19(2)15(22)13-7-8-14(21)20(18-13)9-11-3-5-12(17)6-4-11/h3-6,10H,7-9H2,1-2H3,(H,23,24). The first-order chi connectivity index (χ1) is 11.3. The van der Waals surface area contributed by atoms with Gasteiger partial charge in [0.1, 0.15) is 17.6 Å². The second kappa shape index (κ2) is 7.20. The lowest BCUT2D eigenvalue weighted by molar-refractivity contribution is -0.146. The van der Waals surface area contributed by atoms with Crippen LogP contribution >= 0.6 is 0 Å². The van der Waals surface area contributed by atoms with E-state index in [-0.39, 0.29) is 36.8 Å². The smallest absolute Gasteiger partial charge is 0.326 e. The number of rotatable bonds is 5. The predicted molar refractivity (Wildman–Crippen MR) is 83.5 cm³/mol. The molecule has 1 aromatic rings. The number of hydrazone groups is 1. The maximum atomic E-state index is 12.9. The highest BCUT2D eigenvalue weighted by atomic mass is 19.1. The van der Waals surface area contributed by atoms with Gasteiger partial charge in [-0.25, -0.2) is 14.2 Å². The molecule has 1 atom stereocenters. The summed E-state index contributed by atoms with van der Waals surface area (Å²) < 4.78 is 12.9. The molecule has 1 heterocycles. The molecule has 1 N–H and O–H groups in total. The molecule has 8 heteroatoms. The van der Waals surface area contributed by atoms with Crippen LogP contribution in [-0.2, 0) is 20.9 Å². The van der Waals surface area contributed by atoms with E-state index < -0.39 is 17.9 Å². The van der Waals surface area contributed by atoms with Gasteiger partial charge in [-0.15, -0.1) is 0 Å². The Kier molecular flexibility index (Phi) is 5.28. The molecule has 0 bridgehead atoms. The van der Waals surface area contributed by atoms with Crippen LogP contribution in [0.1, 0.15) is 25.3 Å². The van der Waals surface area contributed by atoms with Crippen molar-refractivity contribution in [3.63, 3.8) is 0 Å². The van der Waals surface area contributed by atoms with Crippen molar-refractivity contribution in [1.29, 1.82) is 0 Å². The third-order valence-corrected chi connectivity index (χ3v) is 3.86. The van der Waals surface area contributed by atoms with E-state index in [9.17, 15) is 18.8 Å². The molecule has 1 unspecified atom stereocenters. The fourth-order valence-corrected chi connectivity index (χ4v) is 2.19. The number of likely N-dealkylation sites (N-methyl/N-ethyl adjacent to an activating group) is 1. The third kappa shape index (κ3) is 3.95. The van der Waals surface area contributed by atoms with Crippen molar-refractivity contribution in [1.82, 2.24) is 9.91 Å². The van der Waals surface area contributed by atoms with Gasteiger partial charge in [0.05, 0.1) is 6.54 Å². The summed E-state index contributed by atoms with van der Waals surface area (Å²) in [4.78, 5) is 36.4. The number of aliphatic carboxylic acids is 1.